The van der Waals surface area contributed by atoms with Gasteiger partial charge in [-0.3, -0.25) is 0 Å². The highest BCUT2D eigenvalue weighted by molar-refractivity contribution is 7.11. The van der Waals surface area contributed by atoms with E-state index in [0.717, 1.165) is 19.6 Å². The van der Waals surface area contributed by atoms with E-state index in [1.165, 1.54) is 22.6 Å². The molecule has 2 heterocycles. The van der Waals surface area contributed by atoms with Gasteiger partial charge in [0, 0.05) is 28.9 Å². The summed E-state index contributed by atoms with van der Waals surface area (Å²) in [7, 11) is 0. The first kappa shape index (κ1) is 12.1. The smallest absolute Gasteiger partial charge is 0.0726 e. The van der Waals surface area contributed by atoms with Crippen LogP contribution in [0.25, 0.3) is 0 Å². The van der Waals surface area contributed by atoms with E-state index in [1.807, 2.05) is 11.3 Å². The van der Waals surface area contributed by atoms with E-state index >= 15 is 0 Å². The Kier molecular flexibility index (Phi) is 4.38. The van der Waals surface area contributed by atoms with E-state index in [1.54, 1.807) is 0 Å². The van der Waals surface area contributed by atoms with Gasteiger partial charge in [-0.15, -0.1) is 11.3 Å². The van der Waals surface area contributed by atoms with Crippen LogP contribution in [0.5, 0.6) is 0 Å². The molecule has 3 heteroatoms. The standard InChI is InChI=1S/C13H21NOS/c1-3-11-6-7-12(16-11)9-14-10(2)13-5-4-8-15-13/h6-7,10,13-14H,3-5,8-9H2,1-2H3. The Bertz CT molecular complexity index is 317. The van der Waals surface area contributed by atoms with Crippen LogP contribution in [-0.2, 0) is 17.7 Å². The molecule has 0 spiro atoms. The first-order valence-corrected chi connectivity index (χ1v) is 7.04. The summed E-state index contributed by atoms with van der Waals surface area (Å²) < 4.78 is 5.67. The van der Waals surface area contributed by atoms with Crippen LogP contribution < -0.4 is 5.32 Å². The van der Waals surface area contributed by atoms with Crippen LogP contribution in [0, 0.1) is 0 Å². The van der Waals surface area contributed by atoms with Gasteiger partial charge in [0.2, 0.25) is 0 Å². The molecule has 2 rings (SSSR count). The van der Waals surface area contributed by atoms with Gasteiger partial charge in [-0.25, -0.2) is 0 Å². The molecule has 16 heavy (non-hydrogen) atoms. The summed E-state index contributed by atoms with van der Waals surface area (Å²) in [6.07, 6.45) is 3.99. The van der Waals surface area contributed by atoms with Crippen molar-refractivity contribution in [3.05, 3.63) is 21.9 Å². The Morgan fingerprint density at radius 1 is 1.50 bits per heavy atom. The molecule has 0 radical (unpaired) electrons. The third kappa shape index (κ3) is 3.06. The normalized spacial score (nSPS) is 22.5. The van der Waals surface area contributed by atoms with Crippen LogP contribution in [-0.4, -0.2) is 18.8 Å². The van der Waals surface area contributed by atoms with Crippen molar-refractivity contribution in [3.63, 3.8) is 0 Å². The molecule has 1 saturated heterocycles. The Morgan fingerprint density at radius 2 is 2.31 bits per heavy atom. The molecule has 0 aliphatic carbocycles. The molecule has 2 unspecified atom stereocenters. The summed E-state index contributed by atoms with van der Waals surface area (Å²) in [6, 6.07) is 4.94. The van der Waals surface area contributed by atoms with E-state index in [0.29, 0.717) is 12.1 Å². The summed E-state index contributed by atoms with van der Waals surface area (Å²) in [6.45, 7) is 6.35. The van der Waals surface area contributed by atoms with E-state index < -0.39 is 0 Å². The first-order chi connectivity index (χ1) is 7.79. The van der Waals surface area contributed by atoms with Gasteiger partial charge in [0.1, 0.15) is 0 Å². The van der Waals surface area contributed by atoms with Crippen LogP contribution in [0.2, 0.25) is 0 Å². The number of nitrogens with one attached hydrogen (secondary N) is 1. The van der Waals surface area contributed by atoms with E-state index in [-0.39, 0.29) is 0 Å². The molecule has 1 aromatic rings. The molecule has 90 valence electrons. The minimum atomic E-state index is 0.422. The maximum absolute atomic E-state index is 5.67. The summed E-state index contributed by atoms with van der Waals surface area (Å²) in [4.78, 5) is 2.91. The number of ether oxygens (including phenoxy) is 1. The molecule has 0 bridgehead atoms. The third-order valence-corrected chi connectivity index (χ3v) is 4.42. The van der Waals surface area contributed by atoms with Crippen molar-refractivity contribution in [2.75, 3.05) is 6.61 Å². The minimum Gasteiger partial charge on any atom is -0.377 e. The van der Waals surface area contributed by atoms with Crippen LogP contribution >= 0.6 is 11.3 Å². The molecule has 2 nitrogen and oxygen atoms in total. The van der Waals surface area contributed by atoms with Gasteiger partial charge in [0.25, 0.3) is 0 Å². The fourth-order valence-electron chi connectivity index (χ4n) is 2.10. The van der Waals surface area contributed by atoms with Crippen molar-refractivity contribution >= 4 is 11.3 Å². The molecule has 1 fully saturated rings. The van der Waals surface area contributed by atoms with Crippen molar-refractivity contribution < 1.29 is 4.74 Å². The SMILES string of the molecule is CCc1ccc(CNC(C)C2CCCO2)s1. The van der Waals surface area contributed by atoms with Crippen LogP contribution in [0.15, 0.2) is 12.1 Å². The van der Waals surface area contributed by atoms with Crippen molar-refractivity contribution in [1.82, 2.24) is 5.32 Å². The van der Waals surface area contributed by atoms with E-state index in [2.05, 4.69) is 31.3 Å². The molecule has 1 aromatic heterocycles. The van der Waals surface area contributed by atoms with Crippen molar-refractivity contribution in [3.8, 4) is 0 Å². The number of thiophene rings is 1. The maximum Gasteiger partial charge on any atom is 0.0726 e. The Hall–Kier alpha value is -0.380. The molecule has 0 amide bonds. The summed E-state index contributed by atoms with van der Waals surface area (Å²) >= 11 is 1.91. The fraction of sp³-hybridized carbons (Fsp3) is 0.692. The lowest BCUT2D eigenvalue weighted by atomic mass is 10.1. The summed E-state index contributed by atoms with van der Waals surface area (Å²) in [5.74, 6) is 0. The molecule has 0 saturated carbocycles. The molecule has 1 aliphatic rings. The minimum absolute atomic E-state index is 0.422. The maximum atomic E-state index is 5.67. The van der Waals surface area contributed by atoms with Crippen LogP contribution in [0.1, 0.15) is 36.4 Å². The largest absolute Gasteiger partial charge is 0.377 e. The van der Waals surface area contributed by atoms with Crippen molar-refractivity contribution in [2.24, 2.45) is 0 Å². The summed E-state index contributed by atoms with van der Waals surface area (Å²) in [5.41, 5.74) is 0. The monoisotopic (exact) mass is 239 g/mol. The molecule has 1 aliphatic heterocycles. The van der Waals surface area contributed by atoms with Gasteiger partial charge >= 0.3 is 0 Å². The fourth-order valence-corrected chi connectivity index (χ4v) is 3.01. The quantitative estimate of drug-likeness (QED) is 0.853. The van der Waals surface area contributed by atoms with E-state index in [4.69, 9.17) is 4.74 Å². The highest BCUT2D eigenvalue weighted by Gasteiger charge is 2.21. The number of hydrogen-bond acceptors (Lipinski definition) is 3. The van der Waals surface area contributed by atoms with Gasteiger partial charge in [-0.1, -0.05) is 6.92 Å². The van der Waals surface area contributed by atoms with Crippen molar-refractivity contribution in [2.45, 2.75) is 51.8 Å². The molecule has 2 atom stereocenters. The average Bonchev–Trinajstić information content (AvgIpc) is 2.96. The lowest BCUT2D eigenvalue weighted by Crippen LogP contribution is -2.36. The van der Waals surface area contributed by atoms with Gasteiger partial charge in [0.15, 0.2) is 0 Å². The first-order valence-electron chi connectivity index (χ1n) is 6.22. The zero-order valence-corrected chi connectivity index (χ0v) is 11.0. The highest BCUT2D eigenvalue weighted by Crippen LogP contribution is 2.19. The zero-order chi connectivity index (χ0) is 11.4. The Labute approximate surface area is 102 Å². The van der Waals surface area contributed by atoms with Crippen LogP contribution in [0.4, 0.5) is 0 Å². The average molecular weight is 239 g/mol. The lowest BCUT2D eigenvalue weighted by molar-refractivity contribution is 0.0833. The highest BCUT2D eigenvalue weighted by atomic mass is 32.1. The Morgan fingerprint density at radius 3 is 2.94 bits per heavy atom. The molecular weight excluding hydrogens is 218 g/mol. The Balaban J connectivity index is 1.77. The topological polar surface area (TPSA) is 21.3 Å². The number of aryl methyl sites for hydroxylation is 1. The number of hydrogen-bond donors (Lipinski definition) is 1. The summed E-state index contributed by atoms with van der Waals surface area (Å²) in [5, 5.41) is 3.56. The van der Waals surface area contributed by atoms with Gasteiger partial charge in [-0.05, 0) is 38.3 Å². The predicted molar refractivity (Wildman–Crippen MR) is 69.0 cm³/mol. The third-order valence-electron chi connectivity index (χ3n) is 3.19. The van der Waals surface area contributed by atoms with Crippen LogP contribution in [0.3, 0.4) is 0 Å². The second kappa shape index (κ2) is 5.80. The zero-order valence-electron chi connectivity index (χ0n) is 10.2. The second-order valence-corrected chi connectivity index (χ2v) is 5.70. The predicted octanol–water partition coefficient (Wildman–Crippen LogP) is 2.97. The lowest BCUT2D eigenvalue weighted by Gasteiger charge is -2.19. The van der Waals surface area contributed by atoms with Gasteiger partial charge in [0.05, 0.1) is 6.10 Å². The number of rotatable bonds is 5. The second-order valence-electron chi connectivity index (χ2n) is 4.44. The molecule has 0 aromatic carbocycles. The van der Waals surface area contributed by atoms with E-state index in [9.17, 15) is 0 Å². The van der Waals surface area contributed by atoms with Crippen molar-refractivity contribution in [1.29, 1.82) is 0 Å². The van der Waals surface area contributed by atoms with Gasteiger partial charge in [-0.2, -0.15) is 0 Å². The molecule has 1 N–H and O–H groups in total. The van der Waals surface area contributed by atoms with Gasteiger partial charge < -0.3 is 10.1 Å². The molecular formula is C13H21NOS.